The summed E-state index contributed by atoms with van der Waals surface area (Å²) in [4.78, 5) is 26.3. The molecule has 0 bridgehead atoms. The molecule has 0 unspecified atom stereocenters. The average molecular weight is 453 g/mol. The Morgan fingerprint density at radius 1 is 1.06 bits per heavy atom. The van der Waals surface area contributed by atoms with Crippen LogP contribution in [0.1, 0.15) is 39.9 Å². The van der Waals surface area contributed by atoms with Crippen molar-refractivity contribution in [2.75, 3.05) is 31.1 Å². The molecule has 1 fully saturated rings. The van der Waals surface area contributed by atoms with Crippen molar-refractivity contribution in [2.24, 2.45) is 0 Å². The summed E-state index contributed by atoms with van der Waals surface area (Å²) in [6.07, 6.45) is 1.34. The van der Waals surface area contributed by atoms with Crippen molar-refractivity contribution in [3.8, 4) is 0 Å². The first kappa shape index (κ1) is 22.2. The summed E-state index contributed by atoms with van der Waals surface area (Å²) < 4.78 is 13.8. The third-order valence-corrected chi connectivity index (χ3v) is 6.00. The van der Waals surface area contributed by atoms with Gasteiger partial charge in [-0.3, -0.25) is 4.79 Å². The molecule has 1 aromatic heterocycles. The van der Waals surface area contributed by atoms with Gasteiger partial charge in [0, 0.05) is 54.4 Å². The number of amides is 1. The number of aromatic nitrogens is 2. The van der Waals surface area contributed by atoms with Gasteiger partial charge in [-0.1, -0.05) is 30.7 Å². The number of piperazine rings is 1. The molecule has 0 saturated carbocycles. The molecule has 1 saturated heterocycles. The maximum absolute atomic E-state index is 13.8. The predicted molar refractivity (Wildman–Crippen MR) is 125 cm³/mol. The van der Waals surface area contributed by atoms with Crippen LogP contribution < -0.4 is 4.90 Å². The maximum atomic E-state index is 13.8. The van der Waals surface area contributed by atoms with Crippen LogP contribution in [-0.4, -0.2) is 47.0 Å². The highest BCUT2D eigenvalue weighted by molar-refractivity contribution is 6.30. The molecule has 1 aliphatic heterocycles. The van der Waals surface area contributed by atoms with Gasteiger partial charge in [0.2, 0.25) is 0 Å². The monoisotopic (exact) mass is 452 g/mol. The van der Waals surface area contributed by atoms with Crippen LogP contribution in [-0.2, 0) is 12.8 Å². The molecule has 0 spiro atoms. The number of anilines is 1. The van der Waals surface area contributed by atoms with Crippen LogP contribution in [0.25, 0.3) is 0 Å². The number of aryl methyl sites for hydroxylation is 2. The van der Waals surface area contributed by atoms with Crippen LogP contribution >= 0.6 is 11.6 Å². The normalized spacial score (nSPS) is 14.0. The number of halogens is 2. The van der Waals surface area contributed by atoms with E-state index < -0.39 is 0 Å². The Labute approximate surface area is 192 Å². The molecule has 1 amide bonds. The summed E-state index contributed by atoms with van der Waals surface area (Å²) in [6.45, 7) is 6.53. The summed E-state index contributed by atoms with van der Waals surface area (Å²) in [5.74, 6) is 1.37. The van der Waals surface area contributed by atoms with E-state index in [-0.39, 0.29) is 11.7 Å². The molecule has 1 aliphatic rings. The highest BCUT2D eigenvalue weighted by atomic mass is 35.5. The van der Waals surface area contributed by atoms with Crippen molar-refractivity contribution >= 4 is 23.3 Å². The summed E-state index contributed by atoms with van der Waals surface area (Å²) in [6, 6.07) is 13.7. The standard InChI is InChI=1S/C25H26ClFN4O/c1-3-23-22(16-18-5-4-6-21(27)15-18)24(29-17(2)28-23)30-11-13-31(14-12-30)25(32)19-7-9-20(26)10-8-19/h4-10,15H,3,11-14,16H2,1-2H3. The lowest BCUT2D eigenvalue weighted by atomic mass is 10.0. The third kappa shape index (κ3) is 4.91. The lowest BCUT2D eigenvalue weighted by Gasteiger charge is -2.36. The first-order valence-electron chi connectivity index (χ1n) is 10.8. The van der Waals surface area contributed by atoms with Gasteiger partial charge in [0.1, 0.15) is 17.5 Å². The van der Waals surface area contributed by atoms with Crippen molar-refractivity contribution in [3.63, 3.8) is 0 Å². The Kier molecular flexibility index (Phi) is 6.70. The largest absolute Gasteiger partial charge is 0.353 e. The van der Waals surface area contributed by atoms with Crippen LogP contribution in [0.15, 0.2) is 48.5 Å². The van der Waals surface area contributed by atoms with E-state index in [9.17, 15) is 9.18 Å². The van der Waals surface area contributed by atoms with Gasteiger partial charge < -0.3 is 9.80 Å². The number of hydrogen-bond acceptors (Lipinski definition) is 4. The zero-order valence-electron chi connectivity index (χ0n) is 18.3. The second kappa shape index (κ2) is 9.65. The Bertz CT molecular complexity index is 1110. The van der Waals surface area contributed by atoms with Gasteiger partial charge in [-0.25, -0.2) is 14.4 Å². The molecule has 2 aromatic carbocycles. The Morgan fingerprint density at radius 2 is 1.78 bits per heavy atom. The third-order valence-electron chi connectivity index (χ3n) is 5.75. The van der Waals surface area contributed by atoms with Crippen LogP contribution in [0.5, 0.6) is 0 Å². The van der Waals surface area contributed by atoms with Gasteiger partial charge in [0.05, 0.1) is 0 Å². The molecule has 0 aliphatic carbocycles. The second-order valence-electron chi connectivity index (χ2n) is 7.97. The van der Waals surface area contributed by atoms with E-state index in [0.717, 1.165) is 34.9 Å². The lowest BCUT2D eigenvalue weighted by Crippen LogP contribution is -2.49. The molecule has 0 radical (unpaired) electrons. The highest BCUT2D eigenvalue weighted by Crippen LogP contribution is 2.26. The molecule has 0 atom stereocenters. The van der Waals surface area contributed by atoms with Crippen LogP contribution in [0, 0.1) is 12.7 Å². The molecular weight excluding hydrogens is 427 g/mol. The summed E-state index contributed by atoms with van der Waals surface area (Å²) >= 11 is 5.94. The zero-order valence-corrected chi connectivity index (χ0v) is 19.1. The zero-order chi connectivity index (χ0) is 22.7. The lowest BCUT2D eigenvalue weighted by molar-refractivity contribution is 0.0746. The van der Waals surface area contributed by atoms with Crippen molar-refractivity contribution in [1.82, 2.24) is 14.9 Å². The van der Waals surface area contributed by atoms with Gasteiger partial charge in [-0.2, -0.15) is 0 Å². The van der Waals surface area contributed by atoms with Crippen molar-refractivity contribution in [1.29, 1.82) is 0 Å². The fourth-order valence-electron chi connectivity index (χ4n) is 4.12. The second-order valence-corrected chi connectivity index (χ2v) is 8.40. The molecular formula is C25H26ClFN4O. The predicted octanol–water partition coefficient (Wildman–Crippen LogP) is 4.69. The van der Waals surface area contributed by atoms with Crippen molar-refractivity contribution < 1.29 is 9.18 Å². The first-order valence-corrected chi connectivity index (χ1v) is 11.2. The topological polar surface area (TPSA) is 49.3 Å². The van der Waals surface area contributed by atoms with Gasteiger partial charge in [0.25, 0.3) is 5.91 Å². The van der Waals surface area contributed by atoms with E-state index in [0.29, 0.717) is 43.2 Å². The van der Waals surface area contributed by atoms with Crippen molar-refractivity contribution in [2.45, 2.75) is 26.7 Å². The van der Waals surface area contributed by atoms with E-state index >= 15 is 0 Å². The number of hydrogen-bond donors (Lipinski definition) is 0. The molecule has 0 N–H and O–H groups in total. The van der Waals surface area contributed by atoms with E-state index in [1.807, 2.05) is 17.9 Å². The van der Waals surface area contributed by atoms with Gasteiger partial charge in [0.15, 0.2) is 0 Å². The van der Waals surface area contributed by atoms with Crippen molar-refractivity contribution in [3.05, 3.63) is 87.6 Å². The van der Waals surface area contributed by atoms with Crippen LogP contribution in [0.3, 0.4) is 0 Å². The molecule has 166 valence electrons. The SMILES string of the molecule is CCc1nc(C)nc(N2CCN(C(=O)c3ccc(Cl)cc3)CC2)c1Cc1cccc(F)c1. The first-order chi connectivity index (χ1) is 15.4. The quantitative estimate of drug-likeness (QED) is 0.563. The Balaban J connectivity index is 1.55. The van der Waals surface area contributed by atoms with E-state index in [2.05, 4.69) is 16.8 Å². The molecule has 3 aromatic rings. The van der Waals surface area contributed by atoms with Gasteiger partial charge in [-0.15, -0.1) is 0 Å². The number of benzene rings is 2. The molecule has 4 rings (SSSR count). The molecule has 2 heterocycles. The Morgan fingerprint density at radius 3 is 2.44 bits per heavy atom. The highest BCUT2D eigenvalue weighted by Gasteiger charge is 2.25. The smallest absolute Gasteiger partial charge is 0.253 e. The minimum atomic E-state index is -0.246. The average Bonchev–Trinajstić information content (AvgIpc) is 2.80. The molecule has 5 nitrogen and oxygen atoms in total. The van der Waals surface area contributed by atoms with E-state index in [1.54, 1.807) is 36.4 Å². The Hall–Kier alpha value is -2.99. The number of carbonyl (C=O) groups is 1. The minimum Gasteiger partial charge on any atom is -0.353 e. The number of carbonyl (C=O) groups excluding carboxylic acids is 1. The van der Waals surface area contributed by atoms with E-state index in [4.69, 9.17) is 16.6 Å². The maximum Gasteiger partial charge on any atom is 0.253 e. The summed E-state index contributed by atoms with van der Waals surface area (Å²) in [5, 5.41) is 0.614. The van der Waals surface area contributed by atoms with Crippen LogP contribution in [0.4, 0.5) is 10.2 Å². The van der Waals surface area contributed by atoms with Crippen LogP contribution in [0.2, 0.25) is 5.02 Å². The summed E-state index contributed by atoms with van der Waals surface area (Å²) in [5.41, 5.74) is 3.54. The fourth-order valence-corrected chi connectivity index (χ4v) is 4.25. The molecule has 32 heavy (non-hydrogen) atoms. The minimum absolute atomic E-state index is 0.00872. The van der Waals surface area contributed by atoms with Gasteiger partial charge >= 0.3 is 0 Å². The number of nitrogens with zero attached hydrogens (tertiary/aromatic N) is 4. The van der Waals surface area contributed by atoms with E-state index in [1.165, 1.54) is 6.07 Å². The summed E-state index contributed by atoms with van der Waals surface area (Å²) in [7, 11) is 0. The molecule has 7 heteroatoms. The number of rotatable bonds is 5. The fraction of sp³-hybridized carbons (Fsp3) is 0.320. The van der Waals surface area contributed by atoms with Gasteiger partial charge in [-0.05, 0) is 55.3 Å².